The van der Waals surface area contributed by atoms with Crippen molar-refractivity contribution in [2.75, 3.05) is 18.9 Å². The molecule has 2 rings (SSSR count). The lowest BCUT2D eigenvalue weighted by Gasteiger charge is -2.13. The van der Waals surface area contributed by atoms with E-state index < -0.39 is 21.1 Å². The summed E-state index contributed by atoms with van der Waals surface area (Å²) in [5.41, 5.74) is 0.415. The molecule has 0 bridgehead atoms. The van der Waals surface area contributed by atoms with Crippen LogP contribution in [0.4, 0.5) is 11.4 Å². The van der Waals surface area contributed by atoms with Gasteiger partial charge in [0.2, 0.25) is 10.0 Å². The van der Waals surface area contributed by atoms with E-state index in [-0.39, 0.29) is 22.8 Å². The standard InChI is InChI=1S/C15H17N3O5S/c1-16-24(22,23)12-7-8-13(14(9-12)18(20)21)17-10-15(19)11-5-3-2-4-6-11/h2-9,15-17,19H,10H2,1H3/t15-/m0/s1. The summed E-state index contributed by atoms with van der Waals surface area (Å²) in [6.45, 7) is 0.0446. The van der Waals surface area contributed by atoms with Crippen LogP contribution < -0.4 is 10.0 Å². The predicted molar refractivity (Wildman–Crippen MR) is 89.2 cm³/mol. The van der Waals surface area contributed by atoms with Crippen molar-refractivity contribution in [3.8, 4) is 0 Å². The molecule has 0 unspecified atom stereocenters. The number of nitrogens with one attached hydrogen (secondary N) is 2. The molecule has 0 saturated carbocycles. The highest BCUT2D eigenvalue weighted by atomic mass is 32.2. The average molecular weight is 351 g/mol. The Morgan fingerprint density at radius 2 is 1.88 bits per heavy atom. The van der Waals surface area contributed by atoms with Gasteiger partial charge in [-0.25, -0.2) is 13.1 Å². The highest BCUT2D eigenvalue weighted by molar-refractivity contribution is 7.89. The Kier molecular flexibility index (Phi) is 5.50. The minimum absolute atomic E-state index is 0.0446. The Labute approximate surface area is 139 Å². The van der Waals surface area contributed by atoms with E-state index in [0.717, 1.165) is 6.07 Å². The summed E-state index contributed by atoms with van der Waals surface area (Å²) in [6, 6.07) is 12.4. The monoisotopic (exact) mass is 351 g/mol. The third-order valence-electron chi connectivity index (χ3n) is 3.42. The van der Waals surface area contributed by atoms with Gasteiger partial charge in [-0.3, -0.25) is 10.1 Å². The van der Waals surface area contributed by atoms with Crippen molar-refractivity contribution in [1.29, 1.82) is 0 Å². The van der Waals surface area contributed by atoms with Crippen molar-refractivity contribution in [3.63, 3.8) is 0 Å². The number of nitrogens with zero attached hydrogens (tertiary/aromatic N) is 1. The van der Waals surface area contributed by atoms with Gasteiger partial charge in [-0.1, -0.05) is 30.3 Å². The molecule has 0 aliphatic rings. The number of aliphatic hydroxyl groups is 1. The topological polar surface area (TPSA) is 122 Å². The minimum Gasteiger partial charge on any atom is -0.387 e. The van der Waals surface area contributed by atoms with Crippen molar-refractivity contribution in [2.24, 2.45) is 0 Å². The Hall–Kier alpha value is -2.49. The number of benzene rings is 2. The third-order valence-corrected chi connectivity index (χ3v) is 4.83. The van der Waals surface area contributed by atoms with Gasteiger partial charge in [-0.05, 0) is 24.7 Å². The van der Waals surface area contributed by atoms with E-state index in [0.29, 0.717) is 5.56 Å². The first-order valence-electron chi connectivity index (χ1n) is 7.04. The summed E-state index contributed by atoms with van der Waals surface area (Å²) in [7, 11) is -2.55. The summed E-state index contributed by atoms with van der Waals surface area (Å²) in [6.07, 6.45) is -0.855. The second kappa shape index (κ2) is 7.39. The van der Waals surface area contributed by atoms with Crippen LogP contribution in [0.3, 0.4) is 0 Å². The molecule has 2 aromatic rings. The molecular weight excluding hydrogens is 334 g/mol. The zero-order valence-electron chi connectivity index (χ0n) is 12.8. The van der Waals surface area contributed by atoms with Crippen molar-refractivity contribution < 1.29 is 18.4 Å². The van der Waals surface area contributed by atoms with Gasteiger partial charge in [-0.15, -0.1) is 0 Å². The maximum Gasteiger partial charge on any atom is 0.293 e. The van der Waals surface area contributed by atoms with Crippen LogP contribution in [0.5, 0.6) is 0 Å². The molecule has 8 nitrogen and oxygen atoms in total. The predicted octanol–water partition coefficient (Wildman–Crippen LogP) is 1.65. The molecule has 2 aromatic carbocycles. The Morgan fingerprint density at radius 3 is 2.46 bits per heavy atom. The van der Waals surface area contributed by atoms with Crippen molar-refractivity contribution in [3.05, 3.63) is 64.2 Å². The summed E-state index contributed by atoms with van der Waals surface area (Å²) in [4.78, 5) is 10.3. The second-order valence-electron chi connectivity index (χ2n) is 4.95. The van der Waals surface area contributed by atoms with Gasteiger partial charge >= 0.3 is 0 Å². The number of aliphatic hydroxyl groups excluding tert-OH is 1. The first-order valence-corrected chi connectivity index (χ1v) is 8.52. The van der Waals surface area contributed by atoms with E-state index in [9.17, 15) is 23.6 Å². The van der Waals surface area contributed by atoms with Gasteiger partial charge in [0.05, 0.1) is 15.9 Å². The van der Waals surface area contributed by atoms with E-state index in [1.54, 1.807) is 24.3 Å². The number of rotatable bonds is 7. The number of anilines is 1. The fourth-order valence-electron chi connectivity index (χ4n) is 2.10. The molecule has 0 saturated heterocycles. The molecule has 3 N–H and O–H groups in total. The van der Waals surface area contributed by atoms with Crippen LogP contribution in [-0.4, -0.2) is 32.0 Å². The highest BCUT2D eigenvalue weighted by Crippen LogP contribution is 2.28. The van der Waals surface area contributed by atoms with E-state index in [1.165, 1.54) is 19.2 Å². The lowest BCUT2D eigenvalue weighted by atomic mass is 10.1. The molecule has 0 aromatic heterocycles. The molecule has 24 heavy (non-hydrogen) atoms. The molecule has 128 valence electrons. The molecule has 1 atom stereocenters. The normalized spacial score (nSPS) is 12.6. The molecule has 0 fully saturated rings. The SMILES string of the molecule is CNS(=O)(=O)c1ccc(NC[C@H](O)c2ccccc2)c([N+](=O)[O-])c1. The number of nitro groups is 1. The maximum atomic E-state index is 11.7. The van der Waals surface area contributed by atoms with E-state index in [1.807, 2.05) is 6.07 Å². The molecule has 0 spiro atoms. The lowest BCUT2D eigenvalue weighted by Crippen LogP contribution is -2.19. The zero-order chi connectivity index (χ0) is 17.7. The smallest absolute Gasteiger partial charge is 0.293 e. The Bertz CT molecular complexity index is 824. The van der Waals surface area contributed by atoms with Crippen LogP contribution in [0.2, 0.25) is 0 Å². The molecule has 0 aliphatic heterocycles. The average Bonchev–Trinajstić information content (AvgIpc) is 2.60. The van der Waals surface area contributed by atoms with E-state index >= 15 is 0 Å². The molecule has 9 heteroatoms. The molecular formula is C15H17N3O5S. The number of hydrogen-bond donors (Lipinski definition) is 3. The molecule has 0 radical (unpaired) electrons. The number of hydrogen-bond acceptors (Lipinski definition) is 6. The van der Waals surface area contributed by atoms with Crippen LogP contribution in [-0.2, 0) is 10.0 Å². The first-order chi connectivity index (χ1) is 11.3. The van der Waals surface area contributed by atoms with Crippen molar-refractivity contribution >= 4 is 21.4 Å². The second-order valence-corrected chi connectivity index (χ2v) is 6.84. The van der Waals surface area contributed by atoms with Gasteiger partial charge in [-0.2, -0.15) is 0 Å². The van der Waals surface area contributed by atoms with Gasteiger partial charge in [0.15, 0.2) is 0 Å². The highest BCUT2D eigenvalue weighted by Gasteiger charge is 2.20. The summed E-state index contributed by atoms with van der Waals surface area (Å²) < 4.78 is 25.6. The fraction of sp³-hybridized carbons (Fsp3) is 0.200. The quantitative estimate of drug-likeness (QED) is 0.515. The van der Waals surface area contributed by atoms with Crippen LogP contribution in [0.1, 0.15) is 11.7 Å². The van der Waals surface area contributed by atoms with E-state index in [2.05, 4.69) is 10.0 Å². The summed E-state index contributed by atoms with van der Waals surface area (Å²) in [5, 5.41) is 24.1. The molecule has 0 heterocycles. The van der Waals surface area contributed by atoms with E-state index in [4.69, 9.17) is 0 Å². The summed E-state index contributed by atoms with van der Waals surface area (Å²) in [5.74, 6) is 0. The minimum atomic E-state index is -3.78. The lowest BCUT2D eigenvalue weighted by molar-refractivity contribution is -0.384. The van der Waals surface area contributed by atoms with Crippen LogP contribution >= 0.6 is 0 Å². The van der Waals surface area contributed by atoms with Gasteiger partial charge in [0.1, 0.15) is 5.69 Å². The molecule has 0 aliphatic carbocycles. The van der Waals surface area contributed by atoms with Crippen LogP contribution in [0.25, 0.3) is 0 Å². The van der Waals surface area contributed by atoms with Gasteiger partial charge in [0.25, 0.3) is 5.69 Å². The van der Waals surface area contributed by atoms with Gasteiger partial charge < -0.3 is 10.4 Å². The van der Waals surface area contributed by atoms with Crippen LogP contribution in [0, 0.1) is 10.1 Å². The Morgan fingerprint density at radius 1 is 1.21 bits per heavy atom. The van der Waals surface area contributed by atoms with Crippen molar-refractivity contribution in [2.45, 2.75) is 11.0 Å². The third kappa shape index (κ3) is 4.07. The van der Waals surface area contributed by atoms with Crippen LogP contribution in [0.15, 0.2) is 53.4 Å². The first kappa shape index (κ1) is 17.9. The number of nitro benzene ring substituents is 1. The fourth-order valence-corrected chi connectivity index (χ4v) is 2.85. The maximum absolute atomic E-state index is 11.7. The molecule has 0 amide bonds. The number of sulfonamides is 1. The van der Waals surface area contributed by atoms with Gasteiger partial charge in [0, 0.05) is 12.6 Å². The van der Waals surface area contributed by atoms with Crippen molar-refractivity contribution in [1.82, 2.24) is 4.72 Å². The zero-order valence-corrected chi connectivity index (χ0v) is 13.7. The Balaban J connectivity index is 2.23. The summed E-state index contributed by atoms with van der Waals surface area (Å²) >= 11 is 0. The largest absolute Gasteiger partial charge is 0.387 e.